The van der Waals surface area contributed by atoms with Crippen LogP contribution in [-0.2, 0) is 12.7 Å². The fourth-order valence-corrected chi connectivity index (χ4v) is 3.99. The lowest BCUT2D eigenvalue weighted by molar-refractivity contribution is -0.137. The van der Waals surface area contributed by atoms with Gasteiger partial charge >= 0.3 is 12.2 Å². The van der Waals surface area contributed by atoms with E-state index in [1.807, 2.05) is 16.8 Å². The maximum absolute atomic E-state index is 12.7. The van der Waals surface area contributed by atoms with Gasteiger partial charge in [-0.1, -0.05) is 6.07 Å². The van der Waals surface area contributed by atoms with E-state index >= 15 is 0 Å². The third-order valence-corrected chi connectivity index (χ3v) is 5.52. The van der Waals surface area contributed by atoms with Crippen molar-refractivity contribution in [3.05, 3.63) is 74.1 Å². The van der Waals surface area contributed by atoms with Gasteiger partial charge in [0.2, 0.25) is 0 Å². The lowest BCUT2D eigenvalue weighted by atomic mass is 10.2. The van der Waals surface area contributed by atoms with Crippen LogP contribution in [0.15, 0.2) is 53.2 Å². The summed E-state index contributed by atoms with van der Waals surface area (Å²) in [5.41, 5.74) is 0.0383. The van der Waals surface area contributed by atoms with Crippen molar-refractivity contribution in [3.8, 4) is 0 Å². The molecule has 0 radical (unpaired) electrons. The first kappa shape index (κ1) is 19.4. The summed E-state index contributed by atoms with van der Waals surface area (Å²) in [6.07, 6.45) is -5.18. The zero-order chi connectivity index (χ0) is 19.4. The minimum absolute atomic E-state index is 0.0575. The molecule has 142 valence electrons. The van der Waals surface area contributed by atoms with Gasteiger partial charge in [0.1, 0.15) is 6.10 Å². The third-order valence-electron chi connectivity index (χ3n) is 3.68. The summed E-state index contributed by atoms with van der Waals surface area (Å²) in [7, 11) is 0. The lowest BCUT2D eigenvalue weighted by Gasteiger charge is -2.10. The van der Waals surface area contributed by atoms with Gasteiger partial charge in [0.15, 0.2) is 0 Å². The maximum atomic E-state index is 12.7. The van der Waals surface area contributed by atoms with E-state index in [9.17, 15) is 23.1 Å². The highest BCUT2D eigenvalue weighted by molar-refractivity contribution is 7.12. The fourth-order valence-electron chi connectivity index (χ4n) is 2.35. The van der Waals surface area contributed by atoms with Crippen LogP contribution in [0.2, 0.25) is 0 Å². The van der Waals surface area contributed by atoms with Crippen LogP contribution in [0.4, 0.5) is 23.7 Å². The number of aliphatic hydroxyl groups excluding tert-OH is 1. The first-order valence-electron chi connectivity index (χ1n) is 7.84. The van der Waals surface area contributed by atoms with E-state index in [1.165, 1.54) is 34.8 Å². The van der Waals surface area contributed by atoms with Crippen LogP contribution in [0.1, 0.15) is 27.0 Å². The van der Waals surface area contributed by atoms with Crippen molar-refractivity contribution in [2.45, 2.75) is 18.8 Å². The monoisotopic (exact) mass is 412 g/mol. The summed E-state index contributed by atoms with van der Waals surface area (Å²) in [6, 6.07) is 9.24. The van der Waals surface area contributed by atoms with Gasteiger partial charge in [-0.15, -0.1) is 11.3 Å². The predicted octanol–water partition coefficient (Wildman–Crippen LogP) is 5.23. The number of rotatable bonds is 5. The van der Waals surface area contributed by atoms with E-state index in [2.05, 4.69) is 10.6 Å². The molecule has 1 atom stereocenters. The largest absolute Gasteiger partial charge is 0.416 e. The number of alkyl halides is 3. The second-order valence-electron chi connectivity index (χ2n) is 5.65. The molecule has 0 aliphatic rings. The molecule has 0 aliphatic heterocycles. The topological polar surface area (TPSA) is 61.4 Å². The molecule has 0 saturated heterocycles. The van der Waals surface area contributed by atoms with Crippen molar-refractivity contribution >= 4 is 34.4 Å². The summed E-state index contributed by atoms with van der Waals surface area (Å²) in [5, 5.41) is 19.0. The molecular formula is C18H15F3N2O2S2. The Balaban J connectivity index is 1.56. The molecule has 3 rings (SSSR count). The summed E-state index contributed by atoms with van der Waals surface area (Å²) in [4.78, 5) is 13.5. The van der Waals surface area contributed by atoms with Crippen molar-refractivity contribution in [2.75, 3.05) is 5.32 Å². The molecule has 2 heterocycles. The Morgan fingerprint density at radius 2 is 2.00 bits per heavy atom. The van der Waals surface area contributed by atoms with Crippen molar-refractivity contribution < 1.29 is 23.1 Å². The molecular weight excluding hydrogens is 397 g/mol. The van der Waals surface area contributed by atoms with E-state index in [-0.39, 0.29) is 12.2 Å². The number of halogens is 3. The summed E-state index contributed by atoms with van der Waals surface area (Å²) >= 11 is 2.85. The second-order valence-corrected chi connectivity index (χ2v) is 7.63. The predicted molar refractivity (Wildman–Crippen MR) is 100 cm³/mol. The van der Waals surface area contributed by atoms with Crippen molar-refractivity contribution in [1.29, 1.82) is 0 Å². The number of benzene rings is 1. The van der Waals surface area contributed by atoms with E-state index in [0.717, 1.165) is 27.5 Å². The average molecular weight is 412 g/mol. The highest BCUT2D eigenvalue weighted by Gasteiger charge is 2.30. The number of aliphatic hydroxyl groups is 1. The van der Waals surface area contributed by atoms with Crippen molar-refractivity contribution in [1.82, 2.24) is 5.32 Å². The molecule has 0 bridgehead atoms. The van der Waals surface area contributed by atoms with E-state index < -0.39 is 23.9 Å². The molecule has 0 fully saturated rings. The number of amides is 2. The molecule has 0 spiro atoms. The number of carbonyl (C=O) groups is 1. The van der Waals surface area contributed by atoms with Crippen molar-refractivity contribution in [2.24, 2.45) is 0 Å². The maximum Gasteiger partial charge on any atom is 0.416 e. The molecule has 2 amide bonds. The number of urea groups is 1. The van der Waals surface area contributed by atoms with E-state index in [4.69, 9.17) is 0 Å². The summed E-state index contributed by atoms with van der Waals surface area (Å²) < 4.78 is 38.1. The average Bonchev–Trinajstić information content (AvgIpc) is 3.31. The van der Waals surface area contributed by atoms with Gasteiger partial charge in [-0.25, -0.2) is 4.79 Å². The Kier molecular flexibility index (Phi) is 5.83. The Morgan fingerprint density at radius 1 is 1.19 bits per heavy atom. The number of nitrogens with one attached hydrogen (secondary N) is 2. The number of anilines is 1. The minimum Gasteiger partial charge on any atom is -0.383 e. The normalized spacial score (nSPS) is 12.6. The molecule has 3 aromatic rings. The number of hydrogen-bond acceptors (Lipinski definition) is 4. The van der Waals surface area contributed by atoms with Gasteiger partial charge in [0, 0.05) is 15.4 Å². The molecule has 9 heteroatoms. The van der Waals surface area contributed by atoms with Gasteiger partial charge in [-0.2, -0.15) is 24.5 Å². The van der Waals surface area contributed by atoms with Gasteiger partial charge < -0.3 is 15.7 Å². The minimum atomic E-state index is -4.47. The summed E-state index contributed by atoms with van der Waals surface area (Å²) in [6.45, 7) is 0.200. The zero-order valence-corrected chi connectivity index (χ0v) is 15.4. The first-order valence-corrected chi connectivity index (χ1v) is 9.60. The number of thiophene rings is 2. The first-order chi connectivity index (χ1) is 12.8. The van der Waals surface area contributed by atoms with E-state index in [1.54, 1.807) is 12.1 Å². The quantitative estimate of drug-likeness (QED) is 0.537. The Morgan fingerprint density at radius 3 is 2.70 bits per heavy atom. The third kappa shape index (κ3) is 5.09. The SMILES string of the molecule is O=C(NCc1ccc(C(O)c2ccsc2)s1)Nc1cccc(C(F)(F)F)c1. The number of carbonyl (C=O) groups excluding carboxylic acids is 1. The smallest absolute Gasteiger partial charge is 0.383 e. The van der Waals surface area contributed by atoms with Gasteiger partial charge in [0.25, 0.3) is 0 Å². The lowest BCUT2D eigenvalue weighted by Crippen LogP contribution is -2.27. The highest BCUT2D eigenvalue weighted by Crippen LogP contribution is 2.31. The van der Waals surface area contributed by atoms with Crippen LogP contribution in [0.25, 0.3) is 0 Å². The second kappa shape index (κ2) is 8.12. The van der Waals surface area contributed by atoms with E-state index in [0.29, 0.717) is 0 Å². The molecule has 4 nitrogen and oxygen atoms in total. The Hall–Kier alpha value is -2.36. The van der Waals surface area contributed by atoms with Crippen LogP contribution in [-0.4, -0.2) is 11.1 Å². The van der Waals surface area contributed by atoms with Crippen LogP contribution in [0.5, 0.6) is 0 Å². The van der Waals surface area contributed by atoms with Crippen molar-refractivity contribution in [3.63, 3.8) is 0 Å². The van der Waals surface area contributed by atoms with Crippen LogP contribution < -0.4 is 10.6 Å². The van der Waals surface area contributed by atoms with Gasteiger partial charge in [-0.3, -0.25) is 0 Å². The number of hydrogen-bond donors (Lipinski definition) is 3. The Bertz CT molecular complexity index is 907. The molecule has 1 unspecified atom stereocenters. The Labute approximate surface area is 161 Å². The standard InChI is InChI=1S/C18H15F3N2O2S2/c19-18(20,21)12-2-1-3-13(8-12)23-17(25)22-9-14-4-5-15(27-14)16(24)11-6-7-26-10-11/h1-8,10,16,24H,9H2,(H2,22,23,25). The molecule has 27 heavy (non-hydrogen) atoms. The highest BCUT2D eigenvalue weighted by atomic mass is 32.1. The molecule has 1 aromatic carbocycles. The zero-order valence-electron chi connectivity index (χ0n) is 13.8. The molecule has 3 N–H and O–H groups in total. The molecule has 0 aliphatic carbocycles. The van der Waals surface area contributed by atoms with Gasteiger partial charge in [-0.05, 0) is 52.7 Å². The molecule has 2 aromatic heterocycles. The van der Waals surface area contributed by atoms with Crippen LogP contribution >= 0.6 is 22.7 Å². The summed E-state index contributed by atoms with van der Waals surface area (Å²) in [5.74, 6) is 0. The fraction of sp³-hybridized carbons (Fsp3) is 0.167. The van der Waals surface area contributed by atoms with Crippen LogP contribution in [0.3, 0.4) is 0 Å². The van der Waals surface area contributed by atoms with Gasteiger partial charge in [0.05, 0.1) is 12.1 Å². The van der Waals surface area contributed by atoms with Crippen LogP contribution in [0, 0.1) is 0 Å². The molecule has 0 saturated carbocycles.